The molecule has 3 nitrogen and oxygen atoms in total. The van der Waals surface area contributed by atoms with Crippen LogP contribution >= 0.6 is 11.3 Å². The summed E-state index contributed by atoms with van der Waals surface area (Å²) in [6.45, 7) is 0. The van der Waals surface area contributed by atoms with Crippen LogP contribution in [0.25, 0.3) is 0 Å². The second-order valence-electron chi connectivity index (χ2n) is 4.73. The molecule has 0 amide bonds. The zero-order valence-electron chi connectivity index (χ0n) is 9.82. The lowest BCUT2D eigenvalue weighted by Gasteiger charge is -2.33. The molecule has 5 heteroatoms. The molecule has 18 heavy (non-hydrogen) atoms. The van der Waals surface area contributed by atoms with E-state index in [0.717, 1.165) is 18.5 Å². The van der Waals surface area contributed by atoms with Crippen LogP contribution in [-0.4, -0.2) is 4.98 Å². The van der Waals surface area contributed by atoms with E-state index in [0.29, 0.717) is 17.1 Å². The fraction of sp³-hybridized carbons (Fsp3) is 0.308. The van der Waals surface area contributed by atoms with Crippen LogP contribution in [0.1, 0.15) is 22.6 Å². The highest BCUT2D eigenvalue weighted by Crippen LogP contribution is 2.38. The summed E-state index contributed by atoms with van der Waals surface area (Å²) < 4.78 is 13.9. The first-order chi connectivity index (χ1) is 8.58. The largest absolute Gasteiger partial charge is 0.375 e. The number of aromatic nitrogens is 1. The van der Waals surface area contributed by atoms with Gasteiger partial charge >= 0.3 is 0 Å². The molecule has 94 valence electrons. The molecular formula is C13H14FN3S. The van der Waals surface area contributed by atoms with Crippen LogP contribution in [0.3, 0.4) is 0 Å². The maximum Gasteiger partial charge on any atom is 0.180 e. The second-order valence-corrected chi connectivity index (χ2v) is 5.85. The Morgan fingerprint density at radius 3 is 2.89 bits per heavy atom. The Morgan fingerprint density at radius 2 is 2.11 bits per heavy atom. The van der Waals surface area contributed by atoms with Crippen molar-refractivity contribution in [3.8, 4) is 0 Å². The van der Waals surface area contributed by atoms with Gasteiger partial charge in [-0.05, 0) is 18.9 Å². The van der Waals surface area contributed by atoms with Crippen LogP contribution in [0.4, 0.5) is 9.52 Å². The summed E-state index contributed by atoms with van der Waals surface area (Å²) in [5.41, 5.74) is 12.9. The number of benzene rings is 1. The van der Waals surface area contributed by atoms with Crippen LogP contribution in [0, 0.1) is 5.82 Å². The molecule has 2 aromatic rings. The van der Waals surface area contributed by atoms with Crippen molar-refractivity contribution in [2.24, 2.45) is 5.73 Å². The molecule has 0 spiro atoms. The van der Waals surface area contributed by atoms with Gasteiger partial charge in [-0.15, -0.1) is 11.3 Å². The highest BCUT2D eigenvalue weighted by Gasteiger charge is 2.35. The Kier molecular flexibility index (Phi) is 2.60. The zero-order chi connectivity index (χ0) is 12.8. The quantitative estimate of drug-likeness (QED) is 0.829. The van der Waals surface area contributed by atoms with Gasteiger partial charge in [-0.2, -0.15) is 0 Å². The van der Waals surface area contributed by atoms with E-state index in [1.165, 1.54) is 22.3 Å². The van der Waals surface area contributed by atoms with E-state index in [9.17, 15) is 4.39 Å². The minimum Gasteiger partial charge on any atom is -0.375 e. The zero-order valence-corrected chi connectivity index (χ0v) is 10.6. The molecule has 0 radical (unpaired) electrons. The Morgan fingerprint density at radius 1 is 1.33 bits per heavy atom. The van der Waals surface area contributed by atoms with Crippen molar-refractivity contribution >= 4 is 16.5 Å². The summed E-state index contributed by atoms with van der Waals surface area (Å²) in [4.78, 5) is 5.48. The number of thiazole rings is 1. The van der Waals surface area contributed by atoms with E-state index >= 15 is 0 Å². The SMILES string of the molecule is Nc1nc2c(s1)CCC(N)(c1ccccc1F)C2. The molecule has 4 N–H and O–H groups in total. The van der Waals surface area contributed by atoms with Gasteiger partial charge in [0.1, 0.15) is 5.82 Å². The molecule has 1 aliphatic rings. The third kappa shape index (κ3) is 1.79. The number of aryl methyl sites for hydroxylation is 1. The second kappa shape index (κ2) is 4.03. The van der Waals surface area contributed by atoms with E-state index < -0.39 is 5.54 Å². The predicted molar refractivity (Wildman–Crippen MR) is 70.8 cm³/mol. The maximum atomic E-state index is 13.9. The number of rotatable bonds is 1. The summed E-state index contributed by atoms with van der Waals surface area (Å²) in [6, 6.07) is 6.71. The van der Waals surface area contributed by atoms with Crippen LogP contribution in [0.5, 0.6) is 0 Å². The van der Waals surface area contributed by atoms with Gasteiger partial charge in [0.05, 0.1) is 5.69 Å². The molecular weight excluding hydrogens is 249 g/mol. The number of fused-ring (bicyclic) bond motifs is 1. The fourth-order valence-corrected chi connectivity index (χ4v) is 3.40. The van der Waals surface area contributed by atoms with Crippen LogP contribution in [-0.2, 0) is 18.4 Å². The normalized spacial score (nSPS) is 22.8. The van der Waals surface area contributed by atoms with Gasteiger partial charge in [-0.3, -0.25) is 0 Å². The van der Waals surface area contributed by atoms with E-state index in [1.54, 1.807) is 12.1 Å². The summed E-state index contributed by atoms with van der Waals surface area (Å²) in [5.74, 6) is -0.244. The van der Waals surface area contributed by atoms with Gasteiger partial charge in [0.2, 0.25) is 0 Å². The van der Waals surface area contributed by atoms with Gasteiger partial charge in [0, 0.05) is 22.4 Å². The summed E-state index contributed by atoms with van der Waals surface area (Å²) >= 11 is 1.51. The monoisotopic (exact) mass is 263 g/mol. The Balaban J connectivity index is 2.01. The highest BCUT2D eigenvalue weighted by molar-refractivity contribution is 7.15. The highest BCUT2D eigenvalue weighted by atomic mass is 32.1. The number of nitrogens with two attached hydrogens (primary N) is 2. The van der Waals surface area contributed by atoms with Crippen molar-refractivity contribution < 1.29 is 4.39 Å². The molecule has 1 aromatic carbocycles. The van der Waals surface area contributed by atoms with E-state index in [4.69, 9.17) is 11.5 Å². The van der Waals surface area contributed by atoms with Gasteiger partial charge < -0.3 is 11.5 Å². The van der Waals surface area contributed by atoms with E-state index in [-0.39, 0.29) is 5.82 Å². The molecule has 0 bridgehead atoms. The standard InChI is InChI=1S/C13H14FN3S/c14-9-4-2-1-3-8(9)13(16)6-5-11-10(7-13)17-12(15)18-11/h1-4H,5-7,16H2,(H2,15,17). The molecule has 0 aliphatic heterocycles. The predicted octanol–water partition coefficient (Wildman–Crippen LogP) is 2.21. The molecule has 1 unspecified atom stereocenters. The van der Waals surface area contributed by atoms with Crippen molar-refractivity contribution in [3.05, 3.63) is 46.2 Å². The van der Waals surface area contributed by atoms with E-state index in [2.05, 4.69) is 4.98 Å². The topological polar surface area (TPSA) is 64.9 Å². The minimum absolute atomic E-state index is 0.244. The Hall–Kier alpha value is -1.46. The molecule has 1 atom stereocenters. The van der Waals surface area contributed by atoms with Gasteiger partial charge in [0.15, 0.2) is 5.13 Å². The molecule has 0 saturated heterocycles. The average molecular weight is 263 g/mol. The third-order valence-corrected chi connectivity index (χ3v) is 4.47. The molecule has 0 saturated carbocycles. The molecule has 1 heterocycles. The molecule has 1 aromatic heterocycles. The van der Waals surface area contributed by atoms with Crippen molar-refractivity contribution in [2.75, 3.05) is 5.73 Å². The van der Waals surface area contributed by atoms with Crippen molar-refractivity contribution in [3.63, 3.8) is 0 Å². The average Bonchev–Trinajstić information content (AvgIpc) is 2.68. The first-order valence-electron chi connectivity index (χ1n) is 5.86. The van der Waals surface area contributed by atoms with Gasteiger partial charge in [-0.1, -0.05) is 18.2 Å². The van der Waals surface area contributed by atoms with Gasteiger partial charge in [-0.25, -0.2) is 9.37 Å². The lowest BCUT2D eigenvalue weighted by molar-refractivity contribution is 0.367. The minimum atomic E-state index is -0.668. The lowest BCUT2D eigenvalue weighted by Crippen LogP contribution is -2.42. The third-order valence-electron chi connectivity index (χ3n) is 3.49. The first-order valence-corrected chi connectivity index (χ1v) is 6.68. The fourth-order valence-electron chi connectivity index (χ4n) is 2.56. The van der Waals surface area contributed by atoms with Crippen molar-refractivity contribution in [1.29, 1.82) is 0 Å². The van der Waals surface area contributed by atoms with E-state index in [1.807, 2.05) is 6.07 Å². The van der Waals surface area contributed by atoms with Crippen LogP contribution < -0.4 is 11.5 Å². The Labute approximate surface area is 109 Å². The molecule has 1 aliphatic carbocycles. The Bertz CT molecular complexity index is 596. The number of halogens is 1. The number of hydrogen-bond acceptors (Lipinski definition) is 4. The summed E-state index contributed by atoms with van der Waals surface area (Å²) in [7, 11) is 0. The van der Waals surface area contributed by atoms with Crippen molar-refractivity contribution in [1.82, 2.24) is 4.98 Å². The van der Waals surface area contributed by atoms with Crippen LogP contribution in [0.15, 0.2) is 24.3 Å². The smallest absolute Gasteiger partial charge is 0.180 e. The maximum absolute atomic E-state index is 13.9. The number of nitrogen functional groups attached to an aromatic ring is 1. The summed E-state index contributed by atoms with van der Waals surface area (Å²) in [5, 5.41) is 0.567. The lowest BCUT2D eigenvalue weighted by atomic mass is 9.78. The molecule has 0 fully saturated rings. The van der Waals surface area contributed by atoms with Crippen molar-refractivity contribution in [2.45, 2.75) is 24.8 Å². The number of anilines is 1. The van der Waals surface area contributed by atoms with Crippen LogP contribution in [0.2, 0.25) is 0 Å². The summed E-state index contributed by atoms with van der Waals surface area (Å²) in [6.07, 6.45) is 2.09. The first kappa shape index (κ1) is 11.6. The number of nitrogens with zero attached hydrogens (tertiary/aromatic N) is 1. The molecule has 3 rings (SSSR count). The number of hydrogen-bond donors (Lipinski definition) is 2. The van der Waals surface area contributed by atoms with Gasteiger partial charge in [0.25, 0.3) is 0 Å².